The van der Waals surface area contributed by atoms with Crippen LogP contribution >= 0.6 is 0 Å². The molecule has 0 aliphatic carbocycles. The van der Waals surface area contributed by atoms with Crippen molar-refractivity contribution in [3.8, 4) is 11.5 Å². The molecule has 0 aliphatic rings. The van der Waals surface area contributed by atoms with Gasteiger partial charge in [0.2, 0.25) is 0 Å². The van der Waals surface area contributed by atoms with Crippen LogP contribution < -0.4 is 0 Å². The average molecular weight is 422 g/mol. The minimum atomic E-state index is -3.32. The van der Waals surface area contributed by atoms with Gasteiger partial charge in [-0.2, -0.15) is 8.42 Å². The normalized spacial score (nSPS) is 12.2. The summed E-state index contributed by atoms with van der Waals surface area (Å²) in [4.78, 5) is 4.41. The first-order valence-corrected chi connectivity index (χ1v) is 11.9. The fourth-order valence-corrected chi connectivity index (χ4v) is 3.68. The number of hydrogen-bond acceptors (Lipinski definition) is 6. The van der Waals surface area contributed by atoms with E-state index in [1.165, 1.54) is 0 Å². The van der Waals surface area contributed by atoms with E-state index in [0.29, 0.717) is 22.0 Å². The Morgan fingerprint density at radius 3 is 2.10 bits per heavy atom. The van der Waals surface area contributed by atoms with Crippen molar-refractivity contribution in [1.82, 2.24) is 0 Å². The lowest BCUT2D eigenvalue weighted by molar-refractivity contribution is 0.309. The van der Waals surface area contributed by atoms with Gasteiger partial charge in [0.15, 0.2) is 0 Å². The molecular formula is C22H31NO5S. The van der Waals surface area contributed by atoms with E-state index in [2.05, 4.69) is 4.99 Å². The second-order valence-corrected chi connectivity index (χ2v) is 8.96. The lowest BCUT2D eigenvalue weighted by atomic mass is 10.0. The molecule has 0 aromatic heterocycles. The second-order valence-electron chi connectivity index (χ2n) is 7.32. The highest BCUT2D eigenvalue weighted by molar-refractivity contribution is 7.85. The molecule has 0 atom stereocenters. The van der Waals surface area contributed by atoms with Crippen LogP contribution in [0.15, 0.2) is 29.3 Å². The summed E-state index contributed by atoms with van der Waals surface area (Å²) in [6.07, 6.45) is 10.9. The van der Waals surface area contributed by atoms with Crippen LogP contribution in [-0.4, -0.2) is 37.7 Å². The van der Waals surface area contributed by atoms with Crippen molar-refractivity contribution in [1.29, 1.82) is 0 Å². The first-order chi connectivity index (χ1) is 13.8. The molecule has 2 aromatic rings. The SMILES string of the molecule is Cc1c(N=CCCCCCCCCCOS(C)(=O)=O)c(O)c2ccccc2c1O. The molecule has 160 valence electrons. The number of phenolic OH excluding ortho intramolecular Hbond substituents is 2. The molecule has 0 radical (unpaired) electrons. The molecule has 0 fully saturated rings. The van der Waals surface area contributed by atoms with Gasteiger partial charge in [0.25, 0.3) is 10.1 Å². The predicted molar refractivity (Wildman–Crippen MR) is 118 cm³/mol. The highest BCUT2D eigenvalue weighted by Gasteiger charge is 2.14. The van der Waals surface area contributed by atoms with Crippen LogP contribution in [-0.2, 0) is 14.3 Å². The van der Waals surface area contributed by atoms with Crippen molar-refractivity contribution in [2.75, 3.05) is 12.9 Å². The number of hydrogen-bond donors (Lipinski definition) is 2. The van der Waals surface area contributed by atoms with Gasteiger partial charge in [0.1, 0.15) is 17.2 Å². The average Bonchev–Trinajstić information content (AvgIpc) is 2.68. The van der Waals surface area contributed by atoms with Gasteiger partial charge in [-0.05, 0) is 26.2 Å². The molecule has 2 aromatic carbocycles. The lowest BCUT2D eigenvalue weighted by Gasteiger charge is -2.10. The third kappa shape index (κ3) is 7.33. The zero-order valence-electron chi connectivity index (χ0n) is 17.2. The maximum Gasteiger partial charge on any atom is 0.264 e. The smallest absolute Gasteiger partial charge is 0.264 e. The molecule has 0 aliphatic heterocycles. The summed E-state index contributed by atoms with van der Waals surface area (Å²) in [5, 5.41) is 22.1. The molecule has 0 saturated carbocycles. The third-order valence-electron chi connectivity index (χ3n) is 4.87. The van der Waals surface area contributed by atoms with Crippen molar-refractivity contribution >= 4 is 32.8 Å². The van der Waals surface area contributed by atoms with Crippen molar-refractivity contribution in [2.45, 2.75) is 58.3 Å². The summed E-state index contributed by atoms with van der Waals surface area (Å²) in [7, 11) is -3.32. The summed E-state index contributed by atoms with van der Waals surface area (Å²) >= 11 is 0. The maximum absolute atomic E-state index is 10.8. The summed E-state index contributed by atoms with van der Waals surface area (Å²) in [5.74, 6) is 0.263. The standard InChI is InChI=1S/C22H31NO5S/c1-17-20(22(25)19-14-10-9-13-18(19)21(17)24)23-15-11-7-5-3-4-6-8-12-16-28-29(2,26)27/h9-10,13-15,24-25H,3-8,11-12,16H2,1-2H3. The monoisotopic (exact) mass is 421 g/mol. The highest BCUT2D eigenvalue weighted by Crippen LogP contribution is 2.43. The number of fused-ring (bicyclic) bond motifs is 1. The van der Waals surface area contributed by atoms with Crippen molar-refractivity contribution in [3.63, 3.8) is 0 Å². The first kappa shape index (κ1) is 23.2. The molecule has 0 bridgehead atoms. The number of nitrogens with zero attached hydrogens (tertiary/aromatic N) is 1. The van der Waals surface area contributed by atoms with Gasteiger partial charge in [-0.1, -0.05) is 56.4 Å². The Balaban J connectivity index is 1.69. The predicted octanol–water partition coefficient (Wildman–Crippen LogP) is 5.36. The van der Waals surface area contributed by atoms with Gasteiger partial charge in [-0.25, -0.2) is 0 Å². The van der Waals surface area contributed by atoms with E-state index in [-0.39, 0.29) is 18.1 Å². The van der Waals surface area contributed by atoms with Gasteiger partial charge in [-0.3, -0.25) is 9.18 Å². The van der Waals surface area contributed by atoms with Crippen molar-refractivity contribution in [3.05, 3.63) is 29.8 Å². The second kappa shape index (κ2) is 11.2. The van der Waals surface area contributed by atoms with E-state index >= 15 is 0 Å². The fourth-order valence-electron chi connectivity index (χ4n) is 3.26. The zero-order valence-corrected chi connectivity index (χ0v) is 18.0. The molecule has 7 heteroatoms. The van der Waals surface area contributed by atoms with Crippen molar-refractivity contribution in [2.24, 2.45) is 4.99 Å². The van der Waals surface area contributed by atoms with E-state index in [1.807, 2.05) is 12.1 Å². The molecule has 0 amide bonds. The molecular weight excluding hydrogens is 390 g/mol. The third-order valence-corrected chi connectivity index (χ3v) is 5.46. The Morgan fingerprint density at radius 2 is 1.48 bits per heavy atom. The van der Waals surface area contributed by atoms with E-state index in [1.54, 1.807) is 25.3 Å². The maximum atomic E-state index is 10.8. The van der Waals surface area contributed by atoms with Crippen LogP contribution in [0.4, 0.5) is 5.69 Å². The van der Waals surface area contributed by atoms with Gasteiger partial charge in [0, 0.05) is 22.6 Å². The van der Waals surface area contributed by atoms with Crippen LogP contribution in [0.25, 0.3) is 10.8 Å². The van der Waals surface area contributed by atoms with E-state index in [9.17, 15) is 18.6 Å². The number of unbranched alkanes of at least 4 members (excludes halogenated alkanes) is 7. The molecule has 2 N–H and O–H groups in total. The topological polar surface area (TPSA) is 96.2 Å². The Labute approximate surface area is 173 Å². The molecule has 0 unspecified atom stereocenters. The van der Waals surface area contributed by atoms with E-state index < -0.39 is 10.1 Å². The molecule has 0 heterocycles. The van der Waals surface area contributed by atoms with Crippen LogP contribution in [0.1, 0.15) is 56.9 Å². The van der Waals surface area contributed by atoms with Crippen LogP contribution in [0, 0.1) is 6.92 Å². The minimum absolute atomic E-state index is 0.104. The van der Waals surface area contributed by atoms with Gasteiger partial charge < -0.3 is 10.2 Å². The Morgan fingerprint density at radius 1 is 0.931 bits per heavy atom. The summed E-state index contributed by atoms with van der Waals surface area (Å²) in [5.41, 5.74) is 1.01. The lowest BCUT2D eigenvalue weighted by Crippen LogP contribution is -2.03. The molecule has 0 saturated heterocycles. The van der Waals surface area contributed by atoms with Gasteiger partial charge >= 0.3 is 0 Å². The largest absolute Gasteiger partial charge is 0.507 e. The number of aliphatic imine (C=N–C) groups is 1. The fraction of sp³-hybridized carbons (Fsp3) is 0.500. The molecule has 0 spiro atoms. The quantitative estimate of drug-likeness (QED) is 0.208. The minimum Gasteiger partial charge on any atom is -0.507 e. The van der Waals surface area contributed by atoms with E-state index in [0.717, 1.165) is 57.6 Å². The number of rotatable bonds is 12. The zero-order chi connectivity index (χ0) is 21.3. The summed E-state index contributed by atoms with van der Waals surface area (Å²) in [6, 6.07) is 7.20. The molecule has 2 rings (SSSR count). The van der Waals surface area contributed by atoms with Crippen molar-refractivity contribution < 1.29 is 22.8 Å². The van der Waals surface area contributed by atoms with Crippen LogP contribution in [0.5, 0.6) is 11.5 Å². The van der Waals surface area contributed by atoms with E-state index in [4.69, 9.17) is 4.18 Å². The Bertz CT molecular complexity index is 938. The Kier molecular flexibility index (Phi) is 8.92. The number of benzene rings is 2. The summed E-state index contributed by atoms with van der Waals surface area (Å²) < 4.78 is 26.4. The number of phenols is 2. The highest BCUT2D eigenvalue weighted by atomic mass is 32.2. The molecule has 6 nitrogen and oxygen atoms in total. The molecule has 29 heavy (non-hydrogen) atoms. The first-order valence-electron chi connectivity index (χ1n) is 10.1. The number of aromatic hydroxyl groups is 2. The van der Waals surface area contributed by atoms with Crippen LogP contribution in [0.3, 0.4) is 0 Å². The van der Waals surface area contributed by atoms with Gasteiger partial charge in [0.05, 0.1) is 12.9 Å². The van der Waals surface area contributed by atoms with Gasteiger partial charge in [-0.15, -0.1) is 0 Å². The van der Waals surface area contributed by atoms with Crippen LogP contribution in [0.2, 0.25) is 0 Å². The Hall–Kier alpha value is -2.12. The summed E-state index contributed by atoms with van der Waals surface area (Å²) in [6.45, 7) is 2.03.